The van der Waals surface area contributed by atoms with Crippen LogP contribution in [0.2, 0.25) is 0 Å². The Morgan fingerprint density at radius 1 is 1.13 bits per heavy atom. The van der Waals surface area contributed by atoms with Gasteiger partial charge in [-0.3, -0.25) is 9.69 Å². The number of nitrogens with zero attached hydrogens (tertiary/aromatic N) is 2. The molecule has 0 unspecified atom stereocenters. The Morgan fingerprint density at radius 3 is 2.39 bits per heavy atom. The van der Waals surface area contributed by atoms with Gasteiger partial charge in [-0.05, 0) is 12.0 Å². The van der Waals surface area contributed by atoms with E-state index in [9.17, 15) is 13.2 Å². The van der Waals surface area contributed by atoms with Crippen molar-refractivity contribution in [2.75, 3.05) is 45.5 Å². The Labute approximate surface area is 138 Å². The van der Waals surface area contributed by atoms with Gasteiger partial charge in [0.05, 0.1) is 6.26 Å². The molecule has 6 nitrogen and oxygen atoms in total. The first-order valence-electron chi connectivity index (χ1n) is 7.93. The number of piperazine rings is 1. The van der Waals surface area contributed by atoms with Gasteiger partial charge in [0.15, 0.2) is 0 Å². The first kappa shape index (κ1) is 17.9. The summed E-state index contributed by atoms with van der Waals surface area (Å²) in [4.78, 5) is 14.0. The number of nitrogens with one attached hydrogen (secondary N) is 1. The summed E-state index contributed by atoms with van der Waals surface area (Å²) in [7, 11) is -3.08. The maximum Gasteiger partial charge on any atom is 0.220 e. The van der Waals surface area contributed by atoms with E-state index in [1.807, 2.05) is 30.3 Å². The summed E-state index contributed by atoms with van der Waals surface area (Å²) in [6.07, 6.45) is 2.49. The average Bonchev–Trinajstić information content (AvgIpc) is 2.53. The van der Waals surface area contributed by atoms with Gasteiger partial charge in [0.2, 0.25) is 15.9 Å². The van der Waals surface area contributed by atoms with E-state index >= 15 is 0 Å². The van der Waals surface area contributed by atoms with E-state index in [2.05, 4.69) is 10.2 Å². The minimum atomic E-state index is -3.08. The van der Waals surface area contributed by atoms with Crippen LogP contribution in [0.3, 0.4) is 0 Å². The Bertz CT molecular complexity index is 596. The summed E-state index contributed by atoms with van der Waals surface area (Å²) in [5.41, 5.74) is 1.17. The van der Waals surface area contributed by atoms with Gasteiger partial charge in [-0.15, -0.1) is 0 Å². The van der Waals surface area contributed by atoms with Gasteiger partial charge in [-0.25, -0.2) is 8.42 Å². The topological polar surface area (TPSA) is 69.7 Å². The second-order valence-electron chi connectivity index (χ2n) is 5.84. The maximum atomic E-state index is 11.8. The van der Waals surface area contributed by atoms with Crippen molar-refractivity contribution in [3.05, 3.63) is 35.9 Å². The lowest BCUT2D eigenvalue weighted by Gasteiger charge is -2.33. The van der Waals surface area contributed by atoms with Crippen molar-refractivity contribution >= 4 is 15.9 Å². The molecule has 1 fully saturated rings. The first-order valence-corrected chi connectivity index (χ1v) is 9.78. The van der Waals surface area contributed by atoms with Crippen molar-refractivity contribution in [3.8, 4) is 0 Å². The third-order valence-electron chi connectivity index (χ3n) is 4.03. The molecule has 0 atom stereocenters. The minimum Gasteiger partial charge on any atom is -0.355 e. The molecule has 0 spiro atoms. The highest BCUT2D eigenvalue weighted by atomic mass is 32.2. The summed E-state index contributed by atoms with van der Waals surface area (Å²) in [5.74, 6) is 0.0589. The lowest BCUT2D eigenvalue weighted by molar-refractivity contribution is -0.121. The van der Waals surface area contributed by atoms with Gasteiger partial charge in [-0.1, -0.05) is 30.3 Å². The summed E-state index contributed by atoms with van der Waals surface area (Å²) < 4.78 is 24.4. The molecule has 0 saturated carbocycles. The van der Waals surface area contributed by atoms with E-state index in [1.54, 1.807) is 0 Å². The molecular formula is C16H25N3O3S. The van der Waals surface area contributed by atoms with Crippen LogP contribution in [0, 0.1) is 0 Å². The van der Waals surface area contributed by atoms with Crippen molar-refractivity contribution in [1.82, 2.24) is 14.5 Å². The quantitative estimate of drug-likeness (QED) is 0.776. The number of amides is 1. The molecule has 1 saturated heterocycles. The van der Waals surface area contributed by atoms with Crippen molar-refractivity contribution in [2.45, 2.75) is 12.8 Å². The molecule has 23 heavy (non-hydrogen) atoms. The van der Waals surface area contributed by atoms with E-state index in [0.29, 0.717) is 39.1 Å². The van der Waals surface area contributed by atoms with Crippen LogP contribution in [0.1, 0.15) is 12.0 Å². The molecule has 128 valence electrons. The molecule has 0 radical (unpaired) electrons. The highest BCUT2D eigenvalue weighted by Gasteiger charge is 2.22. The zero-order chi connectivity index (χ0) is 16.7. The fraction of sp³-hybridized carbons (Fsp3) is 0.562. The lowest BCUT2D eigenvalue weighted by atomic mass is 10.1. The SMILES string of the molecule is CS(=O)(=O)N1CCN(CCNC(=O)CCc2ccccc2)CC1. The van der Waals surface area contributed by atoms with Crippen LogP contribution in [-0.4, -0.2) is 69.1 Å². The van der Waals surface area contributed by atoms with Crippen molar-refractivity contribution in [2.24, 2.45) is 0 Å². The molecule has 0 bridgehead atoms. The predicted octanol–water partition coefficient (Wildman–Crippen LogP) is 0.313. The fourth-order valence-electron chi connectivity index (χ4n) is 2.63. The van der Waals surface area contributed by atoms with E-state index < -0.39 is 10.0 Å². The maximum absolute atomic E-state index is 11.8. The van der Waals surface area contributed by atoms with Gasteiger partial charge >= 0.3 is 0 Å². The fourth-order valence-corrected chi connectivity index (χ4v) is 3.46. The first-order chi connectivity index (χ1) is 10.9. The zero-order valence-electron chi connectivity index (χ0n) is 13.6. The molecule has 1 amide bonds. The van der Waals surface area contributed by atoms with Crippen LogP contribution < -0.4 is 5.32 Å². The molecule has 0 aliphatic carbocycles. The van der Waals surface area contributed by atoms with Crippen LogP contribution in [0.5, 0.6) is 0 Å². The molecule has 1 aliphatic rings. The molecule has 1 N–H and O–H groups in total. The van der Waals surface area contributed by atoms with Gasteiger partial charge in [0, 0.05) is 45.7 Å². The Morgan fingerprint density at radius 2 is 1.78 bits per heavy atom. The minimum absolute atomic E-state index is 0.0589. The number of rotatable bonds is 7. The number of benzene rings is 1. The molecular weight excluding hydrogens is 314 g/mol. The molecule has 0 aromatic heterocycles. The monoisotopic (exact) mass is 339 g/mol. The van der Waals surface area contributed by atoms with Gasteiger partial charge < -0.3 is 5.32 Å². The molecule has 1 heterocycles. The van der Waals surface area contributed by atoms with E-state index in [4.69, 9.17) is 0 Å². The average molecular weight is 339 g/mol. The van der Waals surface area contributed by atoms with Gasteiger partial charge in [-0.2, -0.15) is 4.31 Å². The van der Waals surface area contributed by atoms with Gasteiger partial charge in [0.1, 0.15) is 0 Å². The number of carbonyl (C=O) groups is 1. The van der Waals surface area contributed by atoms with Crippen LogP contribution in [0.25, 0.3) is 0 Å². The normalized spacial score (nSPS) is 17.1. The van der Waals surface area contributed by atoms with Crippen LogP contribution in [-0.2, 0) is 21.2 Å². The third kappa shape index (κ3) is 6.29. The molecule has 1 aromatic carbocycles. The van der Waals surface area contributed by atoms with Crippen molar-refractivity contribution in [1.29, 1.82) is 0 Å². The van der Waals surface area contributed by atoms with E-state index in [1.165, 1.54) is 16.1 Å². The smallest absolute Gasteiger partial charge is 0.220 e. The number of hydrogen-bond acceptors (Lipinski definition) is 4. The standard InChI is InChI=1S/C16H25N3O3S/c1-23(21,22)19-13-11-18(12-14-19)10-9-17-16(20)8-7-15-5-3-2-4-6-15/h2-6H,7-14H2,1H3,(H,17,20). The highest BCUT2D eigenvalue weighted by Crippen LogP contribution is 2.05. The second-order valence-corrected chi connectivity index (χ2v) is 7.82. The number of sulfonamides is 1. The number of aryl methyl sites for hydroxylation is 1. The Balaban J connectivity index is 1.59. The Kier molecular flexibility index (Phi) is 6.56. The predicted molar refractivity (Wildman–Crippen MR) is 90.6 cm³/mol. The summed E-state index contributed by atoms with van der Waals surface area (Å²) in [5, 5.41) is 2.93. The van der Waals surface area contributed by atoms with Crippen LogP contribution >= 0.6 is 0 Å². The molecule has 7 heteroatoms. The van der Waals surface area contributed by atoms with Crippen molar-refractivity contribution < 1.29 is 13.2 Å². The van der Waals surface area contributed by atoms with Crippen molar-refractivity contribution in [3.63, 3.8) is 0 Å². The largest absolute Gasteiger partial charge is 0.355 e. The summed E-state index contributed by atoms with van der Waals surface area (Å²) in [6.45, 7) is 3.85. The molecule has 1 aromatic rings. The third-order valence-corrected chi connectivity index (χ3v) is 5.34. The van der Waals surface area contributed by atoms with E-state index in [-0.39, 0.29) is 5.91 Å². The zero-order valence-corrected chi connectivity index (χ0v) is 14.4. The number of carbonyl (C=O) groups excluding carboxylic acids is 1. The highest BCUT2D eigenvalue weighted by molar-refractivity contribution is 7.88. The van der Waals surface area contributed by atoms with Crippen LogP contribution in [0.15, 0.2) is 30.3 Å². The molecule has 2 rings (SSSR count). The van der Waals surface area contributed by atoms with Gasteiger partial charge in [0.25, 0.3) is 0 Å². The lowest BCUT2D eigenvalue weighted by Crippen LogP contribution is -2.49. The van der Waals surface area contributed by atoms with E-state index in [0.717, 1.165) is 13.0 Å². The summed E-state index contributed by atoms with van der Waals surface area (Å²) in [6, 6.07) is 9.96. The van der Waals surface area contributed by atoms with Crippen LogP contribution in [0.4, 0.5) is 0 Å². The summed E-state index contributed by atoms with van der Waals surface area (Å²) >= 11 is 0. The molecule has 1 aliphatic heterocycles. The number of hydrogen-bond donors (Lipinski definition) is 1. The second kappa shape index (κ2) is 8.42. The Hall–Kier alpha value is -1.44.